The minimum absolute atomic E-state index is 0.402. The van der Waals surface area contributed by atoms with Gasteiger partial charge in [0.25, 0.3) is 0 Å². The van der Waals surface area contributed by atoms with Crippen LogP contribution < -0.4 is 16.4 Å². The maximum Gasteiger partial charge on any atom is 0.412 e. The second-order valence-corrected chi connectivity index (χ2v) is 7.66. The summed E-state index contributed by atoms with van der Waals surface area (Å²) in [6.07, 6.45) is -0.549. The Morgan fingerprint density at radius 1 is 0.960 bits per heavy atom. The third kappa shape index (κ3) is 8.39. The van der Waals surface area contributed by atoms with E-state index in [-0.39, 0.29) is 0 Å². The molecular weight excluding hydrogens is 322 g/mol. The molecule has 0 saturated heterocycles. The van der Waals surface area contributed by atoms with Crippen LogP contribution in [0.5, 0.6) is 0 Å². The number of hydrogen-bond donors (Lipinski definition) is 3. The fourth-order valence-corrected chi connectivity index (χ4v) is 1.99. The van der Waals surface area contributed by atoms with Crippen LogP contribution in [0.25, 0.3) is 0 Å². The van der Waals surface area contributed by atoms with E-state index in [0.717, 1.165) is 5.56 Å². The number of amides is 2. The first-order chi connectivity index (χ1) is 11.4. The number of anilines is 2. The van der Waals surface area contributed by atoms with Crippen LogP contribution in [0.1, 0.15) is 47.1 Å². The quantitative estimate of drug-likeness (QED) is 0.764. The van der Waals surface area contributed by atoms with Crippen molar-refractivity contribution in [3.63, 3.8) is 0 Å². The zero-order valence-corrected chi connectivity index (χ0v) is 15.9. The Balaban J connectivity index is 2.88. The second kappa shape index (κ2) is 8.20. The van der Waals surface area contributed by atoms with E-state index in [4.69, 9.17) is 15.2 Å². The van der Waals surface area contributed by atoms with E-state index in [0.29, 0.717) is 24.3 Å². The van der Waals surface area contributed by atoms with E-state index in [2.05, 4.69) is 10.6 Å². The Morgan fingerprint density at radius 2 is 1.48 bits per heavy atom. The Bertz CT molecular complexity index is 616. The number of hydrogen-bond acceptors (Lipinski definition) is 5. The lowest BCUT2D eigenvalue weighted by Crippen LogP contribution is -2.28. The Kier molecular flexibility index (Phi) is 6.81. The predicted molar refractivity (Wildman–Crippen MR) is 98.9 cm³/mol. The number of benzene rings is 1. The first-order valence-electron chi connectivity index (χ1n) is 8.22. The molecule has 0 aliphatic heterocycles. The molecule has 2 amide bonds. The van der Waals surface area contributed by atoms with Crippen molar-refractivity contribution in [2.24, 2.45) is 5.73 Å². The molecule has 140 valence electrons. The molecule has 0 fully saturated rings. The Hall–Kier alpha value is -2.28. The standard InChI is InChI=1S/C18H29N3O4/c1-17(2,3)24-15(22)20-13-7-8-14(12(11-13)9-10-19)21-16(23)25-18(4,5)6/h7-8,11H,9-10,19H2,1-6H3,(H,20,22)(H,21,23). The topological polar surface area (TPSA) is 103 Å². The van der Waals surface area contributed by atoms with Crippen LogP contribution in [0.15, 0.2) is 18.2 Å². The number of carbonyl (C=O) groups excluding carboxylic acids is 2. The minimum Gasteiger partial charge on any atom is -0.444 e. The molecule has 1 aromatic rings. The molecule has 25 heavy (non-hydrogen) atoms. The van der Waals surface area contributed by atoms with E-state index < -0.39 is 23.4 Å². The summed E-state index contributed by atoms with van der Waals surface area (Å²) in [6, 6.07) is 5.13. The molecule has 0 saturated carbocycles. The molecule has 7 nitrogen and oxygen atoms in total. The van der Waals surface area contributed by atoms with E-state index >= 15 is 0 Å². The van der Waals surface area contributed by atoms with Crippen LogP contribution in [0, 0.1) is 0 Å². The molecule has 0 atom stereocenters. The van der Waals surface area contributed by atoms with Crippen molar-refractivity contribution in [3.8, 4) is 0 Å². The van der Waals surface area contributed by atoms with Crippen molar-refractivity contribution in [2.45, 2.75) is 59.2 Å². The van der Waals surface area contributed by atoms with Crippen LogP contribution in [0.3, 0.4) is 0 Å². The second-order valence-electron chi connectivity index (χ2n) is 7.66. The van der Waals surface area contributed by atoms with Gasteiger partial charge in [0.05, 0.1) is 0 Å². The summed E-state index contributed by atoms with van der Waals surface area (Å²) in [4.78, 5) is 23.8. The van der Waals surface area contributed by atoms with Gasteiger partial charge in [-0.05, 0) is 78.3 Å². The summed E-state index contributed by atoms with van der Waals surface area (Å²) in [7, 11) is 0. The summed E-state index contributed by atoms with van der Waals surface area (Å²) in [5.74, 6) is 0. The normalized spacial score (nSPS) is 11.6. The Morgan fingerprint density at radius 3 is 1.96 bits per heavy atom. The monoisotopic (exact) mass is 351 g/mol. The molecular formula is C18H29N3O4. The van der Waals surface area contributed by atoms with Gasteiger partial charge in [-0.2, -0.15) is 0 Å². The summed E-state index contributed by atoms with van der Waals surface area (Å²) in [5.41, 5.74) is 6.42. The molecule has 0 bridgehead atoms. The molecule has 1 aromatic carbocycles. The average Bonchev–Trinajstić information content (AvgIpc) is 2.37. The van der Waals surface area contributed by atoms with Crippen molar-refractivity contribution < 1.29 is 19.1 Å². The van der Waals surface area contributed by atoms with E-state index in [1.807, 2.05) is 0 Å². The molecule has 0 heterocycles. The van der Waals surface area contributed by atoms with Crippen molar-refractivity contribution >= 4 is 23.6 Å². The highest BCUT2D eigenvalue weighted by Gasteiger charge is 2.19. The molecule has 1 rings (SSSR count). The minimum atomic E-state index is -0.587. The summed E-state index contributed by atoms with van der Waals surface area (Å²) in [5, 5.41) is 5.38. The smallest absolute Gasteiger partial charge is 0.412 e. The highest BCUT2D eigenvalue weighted by Crippen LogP contribution is 2.23. The number of ether oxygens (including phenoxy) is 2. The number of rotatable bonds is 4. The van der Waals surface area contributed by atoms with Gasteiger partial charge < -0.3 is 15.2 Å². The van der Waals surface area contributed by atoms with Crippen LogP contribution in [0.2, 0.25) is 0 Å². The van der Waals surface area contributed by atoms with Gasteiger partial charge in [-0.25, -0.2) is 9.59 Å². The predicted octanol–water partition coefficient (Wildman–Crippen LogP) is 3.88. The van der Waals surface area contributed by atoms with Gasteiger partial charge in [-0.3, -0.25) is 10.6 Å². The van der Waals surface area contributed by atoms with Crippen molar-refractivity contribution in [1.29, 1.82) is 0 Å². The maximum absolute atomic E-state index is 11.9. The van der Waals surface area contributed by atoms with Gasteiger partial charge in [-0.1, -0.05) is 0 Å². The van der Waals surface area contributed by atoms with Crippen LogP contribution in [-0.4, -0.2) is 29.9 Å². The molecule has 0 radical (unpaired) electrons. The van der Waals surface area contributed by atoms with Gasteiger partial charge in [-0.15, -0.1) is 0 Å². The molecule has 0 unspecified atom stereocenters. The first kappa shape index (κ1) is 20.8. The summed E-state index contributed by atoms with van der Waals surface area (Å²) < 4.78 is 10.5. The maximum atomic E-state index is 11.9. The molecule has 4 N–H and O–H groups in total. The van der Waals surface area contributed by atoms with Gasteiger partial charge in [0.2, 0.25) is 0 Å². The lowest BCUT2D eigenvalue weighted by molar-refractivity contribution is 0.0624. The van der Waals surface area contributed by atoms with Gasteiger partial charge in [0, 0.05) is 11.4 Å². The van der Waals surface area contributed by atoms with E-state index in [9.17, 15) is 9.59 Å². The van der Waals surface area contributed by atoms with E-state index in [1.165, 1.54) is 0 Å². The molecule has 7 heteroatoms. The van der Waals surface area contributed by atoms with Crippen LogP contribution in [0.4, 0.5) is 21.0 Å². The average molecular weight is 351 g/mol. The summed E-state index contributed by atoms with van der Waals surface area (Å²) >= 11 is 0. The van der Waals surface area contributed by atoms with Crippen molar-refractivity contribution in [2.75, 3.05) is 17.2 Å². The van der Waals surface area contributed by atoms with Crippen LogP contribution >= 0.6 is 0 Å². The lowest BCUT2D eigenvalue weighted by Gasteiger charge is -2.21. The van der Waals surface area contributed by atoms with Gasteiger partial charge >= 0.3 is 12.2 Å². The van der Waals surface area contributed by atoms with Gasteiger partial charge in [0.1, 0.15) is 11.2 Å². The SMILES string of the molecule is CC(C)(C)OC(=O)Nc1ccc(NC(=O)OC(C)(C)C)c(CCN)c1. The zero-order chi connectivity index (χ0) is 19.3. The molecule has 0 spiro atoms. The van der Waals surface area contributed by atoms with Crippen LogP contribution in [-0.2, 0) is 15.9 Å². The fraction of sp³-hybridized carbons (Fsp3) is 0.556. The fourth-order valence-electron chi connectivity index (χ4n) is 1.99. The number of nitrogens with two attached hydrogens (primary N) is 1. The summed E-state index contributed by atoms with van der Waals surface area (Å²) in [6.45, 7) is 11.2. The molecule has 0 aliphatic carbocycles. The van der Waals surface area contributed by atoms with Crippen molar-refractivity contribution in [3.05, 3.63) is 23.8 Å². The largest absolute Gasteiger partial charge is 0.444 e. The highest BCUT2D eigenvalue weighted by atomic mass is 16.6. The Labute approximate surface area is 149 Å². The third-order valence-electron chi connectivity index (χ3n) is 2.80. The van der Waals surface area contributed by atoms with E-state index in [1.54, 1.807) is 59.7 Å². The number of nitrogens with one attached hydrogen (secondary N) is 2. The first-order valence-corrected chi connectivity index (χ1v) is 8.22. The highest BCUT2D eigenvalue weighted by molar-refractivity contribution is 5.88. The molecule has 0 aromatic heterocycles. The number of carbonyl (C=O) groups is 2. The third-order valence-corrected chi connectivity index (χ3v) is 2.80. The van der Waals surface area contributed by atoms with Crippen molar-refractivity contribution in [1.82, 2.24) is 0 Å². The lowest BCUT2D eigenvalue weighted by atomic mass is 10.1. The van der Waals surface area contributed by atoms with Gasteiger partial charge in [0.15, 0.2) is 0 Å². The molecule has 0 aliphatic rings. The zero-order valence-electron chi connectivity index (χ0n) is 15.9.